The Morgan fingerprint density at radius 1 is 1.17 bits per heavy atom. The zero-order valence-corrected chi connectivity index (χ0v) is 8.33. The first-order chi connectivity index (χ1) is 5.61. The van der Waals surface area contributed by atoms with Gasteiger partial charge in [-0.1, -0.05) is 31.2 Å². The Morgan fingerprint density at radius 3 is 2.33 bits per heavy atom. The second-order valence-corrected chi connectivity index (χ2v) is 3.64. The first-order valence-electron chi connectivity index (χ1n) is 4.38. The van der Waals surface area contributed by atoms with Crippen molar-refractivity contribution in [3.63, 3.8) is 0 Å². The van der Waals surface area contributed by atoms with Crippen LogP contribution in [0, 0.1) is 0 Å². The fourth-order valence-electron chi connectivity index (χ4n) is 1.16. The van der Waals surface area contributed by atoms with Crippen molar-refractivity contribution in [3.8, 4) is 0 Å². The van der Waals surface area contributed by atoms with Gasteiger partial charge in [0.25, 0.3) is 0 Å². The third-order valence-electron chi connectivity index (χ3n) is 2.05. The molecule has 0 aliphatic rings. The highest BCUT2D eigenvalue weighted by molar-refractivity contribution is 6.70. The molecular formula is C10H16BN. The van der Waals surface area contributed by atoms with Crippen molar-refractivity contribution >= 4 is 17.9 Å². The predicted molar refractivity (Wildman–Crippen MR) is 57.9 cm³/mol. The Labute approximate surface area is 75.5 Å². The Balaban J connectivity index is 2.96. The molecule has 0 aromatic heterocycles. The molecule has 0 atom stereocenters. The Kier molecular flexibility index (Phi) is 2.80. The molecule has 1 aromatic carbocycles. The minimum atomic E-state index is 0.616. The lowest BCUT2D eigenvalue weighted by Crippen LogP contribution is -2.23. The lowest BCUT2D eigenvalue weighted by Gasteiger charge is -2.14. The van der Waals surface area contributed by atoms with Crippen molar-refractivity contribution < 1.29 is 0 Å². The maximum atomic E-state index is 2.24. The Morgan fingerprint density at radius 2 is 1.83 bits per heavy atom. The molecule has 1 aromatic rings. The lowest BCUT2D eigenvalue weighted by molar-refractivity contribution is 1.13. The zero-order valence-electron chi connectivity index (χ0n) is 8.33. The maximum Gasteiger partial charge on any atom is 0.169 e. The average molecular weight is 161 g/mol. The SMILES string of the molecule is CB(C)c1cccc(N(C)C)c1. The van der Waals surface area contributed by atoms with Crippen LogP contribution in [-0.2, 0) is 0 Å². The van der Waals surface area contributed by atoms with E-state index in [1.165, 1.54) is 11.2 Å². The van der Waals surface area contributed by atoms with Gasteiger partial charge in [0, 0.05) is 19.8 Å². The molecule has 0 unspecified atom stereocenters. The van der Waals surface area contributed by atoms with Gasteiger partial charge in [-0.3, -0.25) is 0 Å². The third kappa shape index (κ3) is 2.03. The highest BCUT2D eigenvalue weighted by Gasteiger charge is 2.03. The van der Waals surface area contributed by atoms with E-state index in [0.717, 1.165) is 0 Å². The van der Waals surface area contributed by atoms with Crippen LogP contribution in [0.5, 0.6) is 0 Å². The molecule has 0 aliphatic carbocycles. The van der Waals surface area contributed by atoms with Crippen LogP contribution in [0.1, 0.15) is 0 Å². The standard InChI is InChI=1S/C10H16BN/c1-11(2)9-6-5-7-10(8-9)12(3)4/h5-8H,1-4H3. The molecule has 0 radical (unpaired) electrons. The summed E-state index contributed by atoms with van der Waals surface area (Å²) in [5, 5.41) is 0. The van der Waals surface area contributed by atoms with Gasteiger partial charge in [-0.05, 0) is 12.1 Å². The van der Waals surface area contributed by atoms with Crippen LogP contribution in [0.15, 0.2) is 24.3 Å². The van der Waals surface area contributed by atoms with Gasteiger partial charge >= 0.3 is 0 Å². The molecule has 0 aliphatic heterocycles. The lowest BCUT2D eigenvalue weighted by atomic mass is 9.49. The summed E-state index contributed by atoms with van der Waals surface area (Å²) in [4.78, 5) is 2.13. The molecule has 0 amide bonds. The van der Waals surface area contributed by atoms with Crippen LogP contribution in [-0.4, -0.2) is 20.8 Å². The van der Waals surface area contributed by atoms with Crippen molar-refractivity contribution in [2.75, 3.05) is 19.0 Å². The van der Waals surface area contributed by atoms with Gasteiger partial charge in [-0.15, -0.1) is 0 Å². The van der Waals surface area contributed by atoms with E-state index in [0.29, 0.717) is 6.71 Å². The summed E-state index contributed by atoms with van der Waals surface area (Å²) in [5.74, 6) is 0. The molecule has 0 bridgehead atoms. The highest BCUT2D eigenvalue weighted by Crippen LogP contribution is 2.07. The normalized spacial score (nSPS) is 9.67. The predicted octanol–water partition coefficient (Wildman–Crippen LogP) is 1.71. The minimum absolute atomic E-state index is 0.616. The van der Waals surface area contributed by atoms with Gasteiger partial charge in [0.1, 0.15) is 0 Å². The van der Waals surface area contributed by atoms with Crippen molar-refractivity contribution in [1.82, 2.24) is 0 Å². The van der Waals surface area contributed by atoms with E-state index >= 15 is 0 Å². The molecular weight excluding hydrogens is 145 g/mol. The van der Waals surface area contributed by atoms with Gasteiger partial charge in [-0.25, -0.2) is 0 Å². The van der Waals surface area contributed by atoms with E-state index in [-0.39, 0.29) is 0 Å². The van der Waals surface area contributed by atoms with E-state index < -0.39 is 0 Å². The fourth-order valence-corrected chi connectivity index (χ4v) is 1.16. The molecule has 2 heteroatoms. The molecule has 0 saturated heterocycles. The van der Waals surface area contributed by atoms with Crippen LogP contribution < -0.4 is 10.4 Å². The first-order valence-corrected chi connectivity index (χ1v) is 4.38. The number of nitrogens with zero attached hydrogens (tertiary/aromatic N) is 1. The largest absolute Gasteiger partial charge is 0.378 e. The summed E-state index contributed by atoms with van der Waals surface area (Å²) in [5.41, 5.74) is 2.68. The quantitative estimate of drug-likeness (QED) is 0.597. The van der Waals surface area contributed by atoms with Crippen LogP contribution in [0.25, 0.3) is 0 Å². The highest BCUT2D eigenvalue weighted by atomic mass is 15.1. The summed E-state index contributed by atoms with van der Waals surface area (Å²) in [6, 6.07) is 8.67. The van der Waals surface area contributed by atoms with E-state index in [4.69, 9.17) is 0 Å². The molecule has 1 nitrogen and oxygen atoms in total. The van der Waals surface area contributed by atoms with E-state index in [1.807, 2.05) is 0 Å². The van der Waals surface area contributed by atoms with Crippen LogP contribution in [0.3, 0.4) is 0 Å². The molecule has 0 heterocycles. The van der Waals surface area contributed by atoms with Crippen molar-refractivity contribution in [3.05, 3.63) is 24.3 Å². The maximum absolute atomic E-state index is 2.24. The van der Waals surface area contributed by atoms with Crippen LogP contribution in [0.2, 0.25) is 13.6 Å². The van der Waals surface area contributed by atoms with Gasteiger partial charge in [0.05, 0.1) is 0 Å². The zero-order chi connectivity index (χ0) is 9.14. The van der Waals surface area contributed by atoms with Gasteiger partial charge in [-0.2, -0.15) is 0 Å². The van der Waals surface area contributed by atoms with Gasteiger partial charge in [0.15, 0.2) is 6.71 Å². The third-order valence-corrected chi connectivity index (χ3v) is 2.05. The monoisotopic (exact) mass is 161 g/mol. The number of rotatable bonds is 2. The summed E-state index contributed by atoms with van der Waals surface area (Å²) < 4.78 is 0. The van der Waals surface area contributed by atoms with Crippen molar-refractivity contribution in [2.24, 2.45) is 0 Å². The first kappa shape index (κ1) is 9.18. The molecule has 0 N–H and O–H groups in total. The fraction of sp³-hybridized carbons (Fsp3) is 0.400. The smallest absolute Gasteiger partial charge is 0.169 e. The Bertz CT molecular complexity index is 233. The summed E-state index contributed by atoms with van der Waals surface area (Å²) in [6.45, 7) is 5.05. The van der Waals surface area contributed by atoms with E-state index in [1.54, 1.807) is 0 Å². The number of anilines is 1. The molecule has 64 valence electrons. The molecule has 0 saturated carbocycles. The summed E-state index contributed by atoms with van der Waals surface area (Å²) >= 11 is 0. The Hall–Kier alpha value is -0.915. The molecule has 1 rings (SSSR count). The second kappa shape index (κ2) is 3.66. The summed E-state index contributed by atoms with van der Waals surface area (Å²) in [7, 11) is 4.14. The topological polar surface area (TPSA) is 3.24 Å². The van der Waals surface area contributed by atoms with Gasteiger partial charge < -0.3 is 4.90 Å². The number of hydrogen-bond donors (Lipinski definition) is 0. The van der Waals surface area contributed by atoms with Gasteiger partial charge in [0.2, 0.25) is 0 Å². The summed E-state index contributed by atoms with van der Waals surface area (Å²) in [6.07, 6.45) is 0. The number of hydrogen-bond acceptors (Lipinski definition) is 1. The van der Waals surface area contributed by atoms with Crippen molar-refractivity contribution in [1.29, 1.82) is 0 Å². The average Bonchev–Trinajstić information content (AvgIpc) is 2.04. The second-order valence-electron chi connectivity index (χ2n) is 3.64. The van der Waals surface area contributed by atoms with Crippen LogP contribution >= 0.6 is 0 Å². The van der Waals surface area contributed by atoms with Crippen LogP contribution in [0.4, 0.5) is 5.69 Å². The minimum Gasteiger partial charge on any atom is -0.378 e. The molecule has 0 fully saturated rings. The molecule has 12 heavy (non-hydrogen) atoms. The number of benzene rings is 1. The van der Waals surface area contributed by atoms with E-state index in [2.05, 4.69) is 56.9 Å². The van der Waals surface area contributed by atoms with E-state index in [9.17, 15) is 0 Å². The van der Waals surface area contributed by atoms with Crippen molar-refractivity contribution in [2.45, 2.75) is 13.6 Å². The molecule has 0 spiro atoms.